The summed E-state index contributed by atoms with van der Waals surface area (Å²) < 4.78 is 0. The summed E-state index contributed by atoms with van der Waals surface area (Å²) in [4.78, 5) is 15.3. The van der Waals surface area contributed by atoms with Gasteiger partial charge in [-0.3, -0.25) is 10.1 Å². The maximum atomic E-state index is 11.0. The van der Waals surface area contributed by atoms with Gasteiger partial charge in [0.1, 0.15) is 5.54 Å². The molecule has 0 aliphatic carbocycles. The number of carboxylic acid groups (broad SMARTS) is 1. The Hall–Kier alpha value is -0.940. The molecule has 15 heavy (non-hydrogen) atoms. The number of nitrogens with zero attached hydrogens (tertiary/aromatic N) is 1. The van der Waals surface area contributed by atoms with E-state index in [1.165, 1.54) is 0 Å². The van der Waals surface area contributed by atoms with Crippen LogP contribution in [0.2, 0.25) is 0 Å². The van der Waals surface area contributed by atoms with Crippen molar-refractivity contribution in [1.82, 2.24) is 10.3 Å². The van der Waals surface area contributed by atoms with E-state index in [0.717, 1.165) is 10.7 Å². The molecule has 1 aromatic rings. The van der Waals surface area contributed by atoms with Gasteiger partial charge in [-0.2, -0.15) is 0 Å². The smallest absolute Gasteiger partial charge is 0.323 e. The molecule has 4 nitrogen and oxygen atoms in total. The first-order valence-electron chi connectivity index (χ1n) is 4.87. The first-order valence-corrected chi connectivity index (χ1v) is 5.75. The van der Waals surface area contributed by atoms with Crippen molar-refractivity contribution in [2.24, 2.45) is 0 Å². The SMILES string of the molecule is CCC(C)(NCc1csc(C)n1)C(=O)O. The molecule has 2 N–H and O–H groups in total. The molecule has 5 heteroatoms. The summed E-state index contributed by atoms with van der Waals surface area (Å²) in [5.74, 6) is -0.822. The fourth-order valence-corrected chi connectivity index (χ4v) is 1.74. The van der Waals surface area contributed by atoms with Gasteiger partial charge in [-0.05, 0) is 20.3 Å². The number of carboxylic acids is 1. The Morgan fingerprint density at radius 2 is 2.40 bits per heavy atom. The summed E-state index contributed by atoms with van der Waals surface area (Å²) in [6, 6.07) is 0. The molecular weight excluding hydrogens is 212 g/mol. The molecule has 0 saturated carbocycles. The zero-order valence-electron chi connectivity index (χ0n) is 9.20. The Morgan fingerprint density at radius 1 is 1.73 bits per heavy atom. The molecule has 0 bridgehead atoms. The van der Waals surface area contributed by atoms with Crippen LogP contribution in [0.25, 0.3) is 0 Å². The Labute approximate surface area is 93.4 Å². The van der Waals surface area contributed by atoms with Gasteiger partial charge < -0.3 is 5.11 Å². The first-order chi connectivity index (χ1) is 6.98. The van der Waals surface area contributed by atoms with Gasteiger partial charge in [-0.25, -0.2) is 4.98 Å². The molecular formula is C10H16N2O2S. The van der Waals surface area contributed by atoms with Crippen LogP contribution in [0.15, 0.2) is 5.38 Å². The summed E-state index contributed by atoms with van der Waals surface area (Å²) in [5.41, 5.74) is 0.0377. The topological polar surface area (TPSA) is 62.2 Å². The first kappa shape index (κ1) is 12.1. The van der Waals surface area contributed by atoms with E-state index in [0.29, 0.717) is 13.0 Å². The highest BCUT2D eigenvalue weighted by Crippen LogP contribution is 2.12. The molecule has 84 valence electrons. The van der Waals surface area contributed by atoms with E-state index in [-0.39, 0.29) is 0 Å². The number of aliphatic carboxylic acids is 1. The summed E-state index contributed by atoms with van der Waals surface area (Å²) in [7, 11) is 0. The maximum absolute atomic E-state index is 11.0. The zero-order valence-corrected chi connectivity index (χ0v) is 10.0. The van der Waals surface area contributed by atoms with Crippen LogP contribution in [0.5, 0.6) is 0 Å². The van der Waals surface area contributed by atoms with Crippen molar-refractivity contribution in [2.45, 2.75) is 39.3 Å². The van der Waals surface area contributed by atoms with E-state index in [2.05, 4.69) is 10.3 Å². The predicted octanol–water partition coefficient (Wildman–Crippen LogP) is 1.79. The lowest BCUT2D eigenvalue weighted by atomic mass is 9.99. The monoisotopic (exact) mass is 228 g/mol. The van der Waals surface area contributed by atoms with Crippen molar-refractivity contribution in [3.63, 3.8) is 0 Å². The highest BCUT2D eigenvalue weighted by Gasteiger charge is 2.30. The van der Waals surface area contributed by atoms with Gasteiger partial charge in [-0.1, -0.05) is 6.92 Å². The van der Waals surface area contributed by atoms with Gasteiger partial charge >= 0.3 is 5.97 Å². The van der Waals surface area contributed by atoms with Crippen LogP contribution in [0.4, 0.5) is 0 Å². The second-order valence-corrected chi connectivity index (χ2v) is 4.76. The number of aromatic nitrogens is 1. The van der Waals surface area contributed by atoms with Crippen LogP contribution < -0.4 is 5.32 Å². The minimum Gasteiger partial charge on any atom is -0.480 e. The Balaban J connectivity index is 2.59. The number of carbonyl (C=O) groups is 1. The highest BCUT2D eigenvalue weighted by molar-refractivity contribution is 7.09. The standard InChI is InChI=1S/C10H16N2O2S/c1-4-10(3,9(13)14)11-5-8-6-15-7(2)12-8/h6,11H,4-5H2,1-3H3,(H,13,14). The summed E-state index contributed by atoms with van der Waals surface area (Å²) in [5, 5.41) is 15.0. The molecule has 0 aliphatic rings. The zero-order chi connectivity index (χ0) is 11.5. The third-order valence-corrected chi connectivity index (χ3v) is 3.33. The van der Waals surface area contributed by atoms with Crippen LogP contribution in [-0.4, -0.2) is 21.6 Å². The largest absolute Gasteiger partial charge is 0.480 e. The molecule has 0 fully saturated rings. The molecule has 0 aromatic carbocycles. The molecule has 1 unspecified atom stereocenters. The van der Waals surface area contributed by atoms with Gasteiger partial charge in [0.05, 0.1) is 10.7 Å². The number of thiazole rings is 1. The lowest BCUT2D eigenvalue weighted by molar-refractivity contribution is -0.144. The van der Waals surface area contributed by atoms with Crippen LogP contribution in [0, 0.1) is 6.92 Å². The van der Waals surface area contributed by atoms with E-state index in [4.69, 9.17) is 5.11 Å². The number of hydrogen-bond acceptors (Lipinski definition) is 4. The number of hydrogen-bond donors (Lipinski definition) is 2. The maximum Gasteiger partial charge on any atom is 0.323 e. The average Bonchev–Trinajstić information content (AvgIpc) is 2.60. The van der Waals surface area contributed by atoms with Crippen LogP contribution in [-0.2, 0) is 11.3 Å². The van der Waals surface area contributed by atoms with E-state index in [1.807, 2.05) is 19.2 Å². The minimum atomic E-state index is -0.864. The van der Waals surface area contributed by atoms with E-state index >= 15 is 0 Å². The molecule has 1 heterocycles. The molecule has 0 aliphatic heterocycles. The van der Waals surface area contributed by atoms with E-state index in [9.17, 15) is 4.79 Å². The van der Waals surface area contributed by atoms with Crippen molar-refractivity contribution in [3.05, 3.63) is 16.1 Å². The number of aryl methyl sites for hydroxylation is 1. The fourth-order valence-electron chi connectivity index (χ4n) is 1.13. The number of rotatable bonds is 5. The van der Waals surface area contributed by atoms with Gasteiger partial charge in [0.2, 0.25) is 0 Å². The lowest BCUT2D eigenvalue weighted by Gasteiger charge is -2.24. The van der Waals surface area contributed by atoms with E-state index < -0.39 is 11.5 Å². The Morgan fingerprint density at radius 3 is 2.80 bits per heavy atom. The van der Waals surface area contributed by atoms with E-state index in [1.54, 1.807) is 18.3 Å². The van der Waals surface area contributed by atoms with Crippen LogP contribution >= 0.6 is 11.3 Å². The summed E-state index contributed by atoms with van der Waals surface area (Å²) in [6.07, 6.45) is 0.547. The highest BCUT2D eigenvalue weighted by atomic mass is 32.1. The third-order valence-electron chi connectivity index (χ3n) is 2.51. The van der Waals surface area contributed by atoms with Gasteiger partial charge in [-0.15, -0.1) is 11.3 Å². The van der Waals surface area contributed by atoms with Gasteiger partial charge in [0.15, 0.2) is 0 Å². The average molecular weight is 228 g/mol. The minimum absolute atomic E-state index is 0.501. The quantitative estimate of drug-likeness (QED) is 0.806. The van der Waals surface area contributed by atoms with Gasteiger partial charge in [0.25, 0.3) is 0 Å². The predicted molar refractivity (Wildman–Crippen MR) is 60.0 cm³/mol. The van der Waals surface area contributed by atoms with Crippen molar-refractivity contribution in [3.8, 4) is 0 Å². The molecule has 0 amide bonds. The fraction of sp³-hybridized carbons (Fsp3) is 0.600. The second kappa shape index (κ2) is 4.72. The molecule has 0 saturated heterocycles. The molecule has 1 rings (SSSR count). The second-order valence-electron chi connectivity index (χ2n) is 3.70. The molecule has 1 aromatic heterocycles. The lowest BCUT2D eigenvalue weighted by Crippen LogP contribution is -2.48. The van der Waals surface area contributed by atoms with Crippen molar-refractivity contribution in [1.29, 1.82) is 0 Å². The van der Waals surface area contributed by atoms with Crippen molar-refractivity contribution >= 4 is 17.3 Å². The Bertz CT molecular complexity index is 351. The Kier molecular flexibility index (Phi) is 3.82. The van der Waals surface area contributed by atoms with Crippen molar-refractivity contribution in [2.75, 3.05) is 0 Å². The molecule has 0 spiro atoms. The van der Waals surface area contributed by atoms with Gasteiger partial charge in [0, 0.05) is 11.9 Å². The van der Waals surface area contributed by atoms with Crippen molar-refractivity contribution < 1.29 is 9.90 Å². The normalized spacial score (nSPS) is 14.9. The summed E-state index contributed by atoms with van der Waals surface area (Å²) in [6.45, 7) is 5.98. The van der Waals surface area contributed by atoms with Crippen LogP contribution in [0.3, 0.4) is 0 Å². The molecule has 1 atom stereocenters. The molecule has 0 radical (unpaired) electrons. The third kappa shape index (κ3) is 3.00. The van der Waals surface area contributed by atoms with Crippen LogP contribution in [0.1, 0.15) is 31.0 Å². The summed E-state index contributed by atoms with van der Waals surface area (Å²) >= 11 is 1.57. The number of nitrogens with one attached hydrogen (secondary N) is 1.